The van der Waals surface area contributed by atoms with E-state index < -0.39 is 0 Å². The number of aromatic nitrogens is 2. The third-order valence-corrected chi connectivity index (χ3v) is 4.74. The van der Waals surface area contributed by atoms with Crippen LogP contribution >= 0.6 is 0 Å². The lowest BCUT2D eigenvalue weighted by Gasteiger charge is -2.34. The zero-order valence-electron chi connectivity index (χ0n) is 15.9. The van der Waals surface area contributed by atoms with Gasteiger partial charge in [0.25, 0.3) is 11.5 Å². The van der Waals surface area contributed by atoms with Gasteiger partial charge in [-0.05, 0) is 23.8 Å². The molecule has 0 bridgehead atoms. The summed E-state index contributed by atoms with van der Waals surface area (Å²) >= 11 is 0. The van der Waals surface area contributed by atoms with Crippen LogP contribution in [0.4, 0.5) is 0 Å². The van der Waals surface area contributed by atoms with Crippen molar-refractivity contribution in [1.29, 1.82) is 5.26 Å². The number of hydrogen-bond donors (Lipinski definition) is 0. The first-order valence-electron chi connectivity index (χ1n) is 9.18. The van der Waals surface area contributed by atoms with Crippen LogP contribution in [0.15, 0.2) is 41.2 Å². The van der Waals surface area contributed by atoms with Crippen molar-refractivity contribution in [2.24, 2.45) is 0 Å². The molecule has 0 saturated carbocycles. The molecular formula is C20H23N5O3. The maximum atomic E-state index is 12.7. The molecule has 1 aliphatic rings. The second-order valence-electron chi connectivity index (χ2n) is 6.65. The summed E-state index contributed by atoms with van der Waals surface area (Å²) in [6.07, 6.45) is 0. The van der Waals surface area contributed by atoms with E-state index in [4.69, 9.17) is 10.00 Å². The first kappa shape index (κ1) is 19.7. The Labute approximate surface area is 163 Å². The lowest BCUT2D eigenvalue weighted by Crippen LogP contribution is -2.48. The summed E-state index contributed by atoms with van der Waals surface area (Å²) < 4.78 is 6.24. The van der Waals surface area contributed by atoms with Crippen LogP contribution in [0.5, 0.6) is 0 Å². The minimum atomic E-state index is -0.249. The summed E-state index contributed by atoms with van der Waals surface area (Å²) in [5.41, 5.74) is 1.82. The standard InChI is InChI=1S/C20H23N5O3/c1-28-13-12-25-19(26)7-6-18(22-25)20(27)24-10-8-23(9-11-24)15-17-4-2-16(14-21)3-5-17/h2-7H,8-13,15H2,1H3. The van der Waals surface area contributed by atoms with Gasteiger partial charge in [-0.2, -0.15) is 10.4 Å². The number of piperazine rings is 1. The molecule has 0 aliphatic carbocycles. The van der Waals surface area contributed by atoms with E-state index in [-0.39, 0.29) is 17.2 Å². The molecule has 0 radical (unpaired) electrons. The van der Waals surface area contributed by atoms with Crippen LogP contribution in [0.1, 0.15) is 21.6 Å². The minimum absolute atomic E-state index is 0.163. The summed E-state index contributed by atoms with van der Waals surface area (Å²) in [5.74, 6) is -0.163. The summed E-state index contributed by atoms with van der Waals surface area (Å²) in [6.45, 7) is 4.19. The second-order valence-corrected chi connectivity index (χ2v) is 6.65. The van der Waals surface area contributed by atoms with Gasteiger partial charge in [-0.15, -0.1) is 0 Å². The largest absolute Gasteiger partial charge is 0.383 e. The Hall–Kier alpha value is -3.02. The highest BCUT2D eigenvalue weighted by molar-refractivity contribution is 5.92. The van der Waals surface area contributed by atoms with Crippen LogP contribution in [-0.4, -0.2) is 65.4 Å². The molecule has 1 aromatic carbocycles. The summed E-state index contributed by atoms with van der Waals surface area (Å²) in [5, 5.41) is 13.1. The molecule has 0 N–H and O–H groups in total. The van der Waals surface area contributed by atoms with Gasteiger partial charge in [-0.25, -0.2) is 4.68 Å². The smallest absolute Gasteiger partial charge is 0.274 e. The van der Waals surface area contributed by atoms with E-state index >= 15 is 0 Å². The normalized spacial score (nSPS) is 14.6. The van der Waals surface area contributed by atoms with Gasteiger partial charge in [-0.3, -0.25) is 14.5 Å². The third kappa shape index (κ3) is 4.82. The molecular weight excluding hydrogens is 358 g/mol. The molecule has 1 aromatic heterocycles. The van der Waals surface area contributed by atoms with Crippen LogP contribution in [0.25, 0.3) is 0 Å². The third-order valence-electron chi connectivity index (χ3n) is 4.74. The Bertz CT molecular complexity index is 909. The van der Waals surface area contributed by atoms with Gasteiger partial charge < -0.3 is 9.64 Å². The zero-order valence-corrected chi connectivity index (χ0v) is 15.9. The fourth-order valence-corrected chi connectivity index (χ4v) is 3.11. The summed E-state index contributed by atoms with van der Waals surface area (Å²) in [7, 11) is 1.55. The Morgan fingerprint density at radius 1 is 1.14 bits per heavy atom. The highest BCUT2D eigenvalue weighted by atomic mass is 16.5. The average molecular weight is 381 g/mol. The molecule has 3 rings (SSSR count). The molecule has 1 aliphatic heterocycles. The van der Waals surface area contributed by atoms with Crippen molar-refractivity contribution in [3.8, 4) is 6.07 Å². The van der Waals surface area contributed by atoms with E-state index in [0.29, 0.717) is 31.8 Å². The average Bonchev–Trinajstić information content (AvgIpc) is 2.74. The van der Waals surface area contributed by atoms with Crippen LogP contribution < -0.4 is 5.56 Å². The number of amides is 1. The molecule has 0 spiro atoms. The van der Waals surface area contributed by atoms with E-state index in [1.807, 2.05) is 24.3 Å². The van der Waals surface area contributed by atoms with Crippen molar-refractivity contribution in [3.63, 3.8) is 0 Å². The SMILES string of the molecule is COCCn1nc(C(=O)N2CCN(Cc3ccc(C#N)cc3)CC2)ccc1=O. The predicted octanol–water partition coefficient (Wildman–Crippen LogP) is 0.719. The van der Waals surface area contributed by atoms with Crippen molar-refractivity contribution in [3.05, 3.63) is 63.6 Å². The van der Waals surface area contributed by atoms with Gasteiger partial charge in [0.15, 0.2) is 0 Å². The predicted molar refractivity (Wildman–Crippen MR) is 103 cm³/mol. The van der Waals surface area contributed by atoms with Crippen LogP contribution in [0, 0.1) is 11.3 Å². The van der Waals surface area contributed by atoms with Gasteiger partial charge in [-0.1, -0.05) is 12.1 Å². The van der Waals surface area contributed by atoms with Gasteiger partial charge in [0.2, 0.25) is 0 Å². The van der Waals surface area contributed by atoms with Crippen molar-refractivity contribution in [1.82, 2.24) is 19.6 Å². The van der Waals surface area contributed by atoms with Crippen molar-refractivity contribution in [2.75, 3.05) is 39.9 Å². The number of nitrogens with zero attached hydrogens (tertiary/aromatic N) is 5. The first-order chi connectivity index (χ1) is 13.6. The molecule has 146 valence electrons. The van der Waals surface area contributed by atoms with Crippen molar-refractivity contribution < 1.29 is 9.53 Å². The number of rotatable bonds is 6. The Kier molecular flexibility index (Phi) is 6.53. The Balaban J connectivity index is 1.57. The lowest BCUT2D eigenvalue weighted by atomic mass is 10.1. The topological polar surface area (TPSA) is 91.5 Å². The molecule has 8 nitrogen and oxygen atoms in total. The monoisotopic (exact) mass is 381 g/mol. The fourth-order valence-electron chi connectivity index (χ4n) is 3.11. The number of ether oxygens (including phenoxy) is 1. The number of benzene rings is 1. The number of carbonyl (C=O) groups is 1. The van der Waals surface area contributed by atoms with Crippen molar-refractivity contribution >= 4 is 5.91 Å². The van der Waals surface area contributed by atoms with E-state index in [9.17, 15) is 9.59 Å². The maximum absolute atomic E-state index is 12.7. The number of nitriles is 1. The van der Waals surface area contributed by atoms with Gasteiger partial charge in [0, 0.05) is 45.9 Å². The molecule has 1 amide bonds. The second kappa shape index (κ2) is 9.26. The molecule has 28 heavy (non-hydrogen) atoms. The van der Waals surface area contributed by atoms with E-state index in [0.717, 1.165) is 25.2 Å². The van der Waals surface area contributed by atoms with E-state index in [1.165, 1.54) is 16.8 Å². The molecule has 1 fully saturated rings. The highest BCUT2D eigenvalue weighted by Crippen LogP contribution is 2.11. The number of carbonyl (C=O) groups excluding carboxylic acids is 1. The fraction of sp³-hybridized carbons (Fsp3) is 0.400. The van der Waals surface area contributed by atoms with E-state index in [1.54, 1.807) is 12.0 Å². The first-order valence-corrected chi connectivity index (χ1v) is 9.18. The summed E-state index contributed by atoms with van der Waals surface area (Å²) in [6, 6.07) is 12.5. The molecule has 1 saturated heterocycles. The number of methoxy groups -OCH3 is 1. The van der Waals surface area contributed by atoms with E-state index in [2.05, 4.69) is 16.1 Å². The molecule has 0 unspecified atom stereocenters. The van der Waals surface area contributed by atoms with Gasteiger partial charge >= 0.3 is 0 Å². The lowest BCUT2D eigenvalue weighted by molar-refractivity contribution is 0.0619. The minimum Gasteiger partial charge on any atom is -0.383 e. The molecule has 2 aromatic rings. The quantitative estimate of drug-likeness (QED) is 0.732. The number of hydrogen-bond acceptors (Lipinski definition) is 6. The summed E-state index contributed by atoms with van der Waals surface area (Å²) in [4.78, 5) is 28.6. The van der Waals surface area contributed by atoms with Crippen molar-refractivity contribution in [2.45, 2.75) is 13.1 Å². The van der Waals surface area contributed by atoms with Gasteiger partial charge in [0.1, 0.15) is 5.69 Å². The molecule has 0 atom stereocenters. The molecule has 2 heterocycles. The van der Waals surface area contributed by atoms with Crippen LogP contribution in [0.2, 0.25) is 0 Å². The van der Waals surface area contributed by atoms with Crippen LogP contribution in [0.3, 0.4) is 0 Å². The molecule has 8 heteroatoms. The van der Waals surface area contributed by atoms with Crippen LogP contribution in [-0.2, 0) is 17.8 Å². The maximum Gasteiger partial charge on any atom is 0.274 e. The Morgan fingerprint density at radius 2 is 1.86 bits per heavy atom. The zero-order chi connectivity index (χ0) is 19.9. The highest BCUT2D eigenvalue weighted by Gasteiger charge is 2.23. The van der Waals surface area contributed by atoms with Gasteiger partial charge in [0.05, 0.1) is 24.8 Å². The Morgan fingerprint density at radius 3 is 2.50 bits per heavy atom.